The molecule has 1 aliphatic rings. The maximum absolute atomic E-state index is 13.9. The Balaban J connectivity index is 2.13. The maximum Gasteiger partial charge on any atom is 0.310 e. The van der Waals surface area contributed by atoms with Crippen molar-refractivity contribution in [1.29, 1.82) is 0 Å². The van der Waals surface area contributed by atoms with Crippen LogP contribution in [-0.4, -0.2) is 49.7 Å². The van der Waals surface area contributed by atoms with Gasteiger partial charge in [-0.3, -0.25) is 4.79 Å². The van der Waals surface area contributed by atoms with E-state index in [2.05, 4.69) is 0 Å². The summed E-state index contributed by atoms with van der Waals surface area (Å²) in [6.07, 6.45) is 1.16. The van der Waals surface area contributed by atoms with Crippen molar-refractivity contribution >= 4 is 27.8 Å². The van der Waals surface area contributed by atoms with E-state index in [0.717, 1.165) is 4.31 Å². The van der Waals surface area contributed by atoms with Crippen LogP contribution in [0.4, 0.5) is 4.39 Å². The fraction of sp³-hybridized carbons (Fsp3) is 0.562. The Hall–Kier alpha value is -1.22. The largest absolute Gasteiger partial charge is 0.466 e. The molecule has 0 N–H and O–H groups in total. The zero-order chi connectivity index (χ0) is 18.6. The maximum atomic E-state index is 13.9. The van der Waals surface area contributed by atoms with Crippen LogP contribution in [0.3, 0.4) is 0 Å². The number of benzene rings is 1. The minimum Gasteiger partial charge on any atom is -0.466 e. The Labute approximate surface area is 152 Å². The van der Waals surface area contributed by atoms with Crippen LogP contribution in [-0.2, 0) is 26.3 Å². The van der Waals surface area contributed by atoms with Gasteiger partial charge >= 0.3 is 5.97 Å². The second kappa shape index (κ2) is 8.44. The minimum absolute atomic E-state index is 0.0660. The van der Waals surface area contributed by atoms with Crippen molar-refractivity contribution in [3.05, 3.63) is 34.6 Å². The first-order valence-electron chi connectivity index (χ1n) is 8.08. The normalized spacial score (nSPS) is 19.2. The number of esters is 1. The molecule has 1 unspecified atom stereocenters. The molecule has 1 heterocycles. The molecule has 140 valence electrons. The summed E-state index contributed by atoms with van der Waals surface area (Å²) in [5, 5.41) is 0.171. The number of carbonyl (C=O) groups excluding carboxylic acids is 1. The summed E-state index contributed by atoms with van der Waals surface area (Å²) in [4.78, 5) is 11.9. The first-order valence-corrected chi connectivity index (χ1v) is 9.85. The third-order valence-electron chi connectivity index (χ3n) is 4.17. The molecule has 1 aromatic carbocycles. The highest BCUT2D eigenvalue weighted by atomic mass is 35.5. The van der Waals surface area contributed by atoms with Gasteiger partial charge < -0.3 is 4.74 Å². The molecule has 6 nitrogen and oxygen atoms in total. The summed E-state index contributed by atoms with van der Waals surface area (Å²) in [6.45, 7) is 2.16. The predicted molar refractivity (Wildman–Crippen MR) is 92.7 cm³/mol. The molecule has 2 rings (SSSR count). The average Bonchev–Trinajstić information content (AvgIpc) is 2.58. The number of nitrogens with zero attached hydrogens (tertiary/aromatic N) is 2. The molecule has 0 aliphatic carbocycles. The van der Waals surface area contributed by atoms with Crippen LogP contribution in [0, 0.1) is 11.7 Å². The average molecular weight is 393 g/mol. The Bertz CT molecular complexity index is 709. The molecule has 0 radical (unpaired) electrons. The molecule has 0 bridgehead atoms. The van der Waals surface area contributed by atoms with E-state index in [1.54, 1.807) is 6.92 Å². The van der Waals surface area contributed by atoms with Crippen molar-refractivity contribution in [2.24, 2.45) is 5.92 Å². The standard InChI is InChI=1S/C16H22ClFN2O4S/c1-3-24-16(21)12-6-5-9-20(10-12)25(22,23)19(2)11-13-14(17)7-4-8-15(13)18/h4,7-8,12H,3,5-6,9-11H2,1-2H3. The molecule has 0 saturated carbocycles. The van der Waals surface area contributed by atoms with Crippen LogP contribution in [0.25, 0.3) is 0 Å². The lowest BCUT2D eigenvalue weighted by Gasteiger charge is -2.33. The quantitative estimate of drug-likeness (QED) is 0.697. The number of ether oxygens (including phenoxy) is 1. The van der Waals surface area contributed by atoms with Crippen molar-refractivity contribution in [3.8, 4) is 0 Å². The molecule has 1 atom stereocenters. The minimum atomic E-state index is -3.84. The van der Waals surface area contributed by atoms with Gasteiger partial charge in [-0.25, -0.2) is 4.39 Å². The van der Waals surface area contributed by atoms with E-state index in [1.807, 2.05) is 0 Å². The smallest absolute Gasteiger partial charge is 0.310 e. The molecule has 9 heteroatoms. The van der Waals surface area contributed by atoms with Crippen LogP contribution >= 0.6 is 11.6 Å². The summed E-state index contributed by atoms with van der Waals surface area (Å²) in [7, 11) is -2.47. The topological polar surface area (TPSA) is 66.9 Å². The Kier molecular flexibility index (Phi) is 6.79. The van der Waals surface area contributed by atoms with E-state index in [-0.39, 0.29) is 36.3 Å². The summed E-state index contributed by atoms with van der Waals surface area (Å²) in [5.74, 6) is -1.42. The highest BCUT2D eigenvalue weighted by molar-refractivity contribution is 7.86. The van der Waals surface area contributed by atoms with Crippen molar-refractivity contribution < 1.29 is 22.3 Å². The predicted octanol–water partition coefficient (Wildman–Crippen LogP) is 2.43. The van der Waals surface area contributed by atoms with Gasteiger partial charge in [-0.2, -0.15) is 17.0 Å². The van der Waals surface area contributed by atoms with Gasteiger partial charge in [-0.05, 0) is 31.9 Å². The van der Waals surface area contributed by atoms with Crippen molar-refractivity contribution in [2.75, 3.05) is 26.7 Å². The molecule has 1 saturated heterocycles. The van der Waals surface area contributed by atoms with Crippen molar-refractivity contribution in [2.45, 2.75) is 26.3 Å². The molecule has 1 aromatic rings. The molecule has 1 fully saturated rings. The van der Waals surface area contributed by atoms with Crippen LogP contribution in [0.15, 0.2) is 18.2 Å². The third-order valence-corrected chi connectivity index (χ3v) is 6.42. The molecule has 1 aliphatic heterocycles. The molecule has 0 spiro atoms. The molecule has 0 aromatic heterocycles. The van der Waals surface area contributed by atoms with Crippen LogP contribution in [0.1, 0.15) is 25.3 Å². The fourth-order valence-electron chi connectivity index (χ4n) is 2.79. The van der Waals surface area contributed by atoms with E-state index in [0.29, 0.717) is 19.4 Å². The monoisotopic (exact) mass is 392 g/mol. The highest BCUT2D eigenvalue weighted by Crippen LogP contribution is 2.25. The van der Waals surface area contributed by atoms with E-state index in [9.17, 15) is 17.6 Å². The first-order chi connectivity index (χ1) is 11.8. The number of hydrogen-bond acceptors (Lipinski definition) is 4. The summed E-state index contributed by atoms with van der Waals surface area (Å²) in [5.41, 5.74) is 0.120. The van der Waals surface area contributed by atoms with Gasteiger partial charge in [0.1, 0.15) is 5.82 Å². The van der Waals surface area contributed by atoms with Gasteiger partial charge in [0, 0.05) is 37.3 Å². The van der Waals surface area contributed by atoms with E-state index >= 15 is 0 Å². The van der Waals surface area contributed by atoms with Gasteiger partial charge in [0.05, 0.1) is 12.5 Å². The zero-order valence-electron chi connectivity index (χ0n) is 14.2. The molecular formula is C16H22ClFN2O4S. The van der Waals surface area contributed by atoms with Crippen LogP contribution in [0.2, 0.25) is 5.02 Å². The lowest BCUT2D eigenvalue weighted by atomic mass is 10.0. The lowest BCUT2D eigenvalue weighted by molar-refractivity contribution is -0.149. The Morgan fingerprint density at radius 3 is 2.84 bits per heavy atom. The number of rotatable bonds is 6. The highest BCUT2D eigenvalue weighted by Gasteiger charge is 2.35. The number of hydrogen-bond donors (Lipinski definition) is 0. The second-order valence-corrected chi connectivity index (χ2v) is 8.36. The number of carbonyl (C=O) groups is 1. The van der Waals surface area contributed by atoms with E-state index in [1.165, 1.54) is 29.6 Å². The van der Waals surface area contributed by atoms with Gasteiger partial charge in [-0.15, -0.1) is 0 Å². The molecule has 0 amide bonds. The van der Waals surface area contributed by atoms with E-state index in [4.69, 9.17) is 16.3 Å². The summed E-state index contributed by atoms with van der Waals surface area (Å²) < 4.78 is 46.7. The molecule has 25 heavy (non-hydrogen) atoms. The number of halogens is 2. The summed E-state index contributed by atoms with van der Waals surface area (Å²) >= 11 is 5.97. The Morgan fingerprint density at radius 1 is 1.48 bits per heavy atom. The number of piperidine rings is 1. The van der Waals surface area contributed by atoms with Gasteiger partial charge in [0.15, 0.2) is 0 Å². The van der Waals surface area contributed by atoms with Crippen LogP contribution < -0.4 is 0 Å². The van der Waals surface area contributed by atoms with Crippen molar-refractivity contribution in [3.63, 3.8) is 0 Å². The molecular weight excluding hydrogens is 371 g/mol. The fourth-order valence-corrected chi connectivity index (χ4v) is 4.43. The summed E-state index contributed by atoms with van der Waals surface area (Å²) in [6, 6.07) is 4.21. The van der Waals surface area contributed by atoms with Crippen molar-refractivity contribution in [1.82, 2.24) is 8.61 Å². The SMILES string of the molecule is CCOC(=O)C1CCCN(S(=O)(=O)N(C)Cc2c(F)cccc2Cl)C1. The van der Waals surface area contributed by atoms with Gasteiger partial charge in [-0.1, -0.05) is 17.7 Å². The van der Waals surface area contributed by atoms with Gasteiger partial charge in [0.2, 0.25) is 0 Å². The third kappa shape index (κ3) is 4.69. The van der Waals surface area contributed by atoms with Crippen LogP contribution in [0.5, 0.6) is 0 Å². The lowest BCUT2D eigenvalue weighted by Crippen LogP contribution is -2.48. The zero-order valence-corrected chi connectivity index (χ0v) is 15.8. The van der Waals surface area contributed by atoms with E-state index < -0.39 is 21.9 Å². The van der Waals surface area contributed by atoms with Gasteiger partial charge in [0.25, 0.3) is 10.2 Å². The second-order valence-electron chi connectivity index (χ2n) is 5.91. The Morgan fingerprint density at radius 2 is 2.20 bits per heavy atom. The first kappa shape index (κ1) is 20.1.